The van der Waals surface area contributed by atoms with Crippen LogP contribution in [-0.4, -0.2) is 46.4 Å². The average molecular weight is 532 g/mol. The van der Waals surface area contributed by atoms with Crippen LogP contribution >= 0.6 is 0 Å². The number of methoxy groups -OCH3 is 1. The second-order valence-electron chi connectivity index (χ2n) is 9.32. The Morgan fingerprint density at radius 2 is 1.95 bits per heavy atom. The van der Waals surface area contributed by atoms with Crippen molar-refractivity contribution in [3.05, 3.63) is 83.1 Å². The van der Waals surface area contributed by atoms with E-state index in [0.29, 0.717) is 52.3 Å². The molecule has 0 bridgehead atoms. The highest BCUT2D eigenvalue weighted by atomic mass is 19.1. The first-order valence-electron chi connectivity index (χ1n) is 12.5. The highest BCUT2D eigenvalue weighted by molar-refractivity contribution is 5.94. The maximum atomic E-state index is 15.4. The fraction of sp³-hybridized carbons (Fsp3) is 0.250. The Bertz CT molecular complexity index is 1590. The largest absolute Gasteiger partial charge is 0.496 e. The summed E-state index contributed by atoms with van der Waals surface area (Å²) in [7, 11) is 1.48. The molecule has 0 spiro atoms. The van der Waals surface area contributed by atoms with Gasteiger partial charge in [0.2, 0.25) is 0 Å². The topological polar surface area (TPSA) is 122 Å². The molecule has 0 aliphatic carbocycles. The zero-order chi connectivity index (χ0) is 26.9. The van der Waals surface area contributed by atoms with E-state index >= 15 is 4.39 Å². The lowest BCUT2D eigenvalue weighted by molar-refractivity contribution is -0.0263. The molecule has 4 aromatic rings. The molecular weight excluding hydrogens is 505 g/mol. The van der Waals surface area contributed by atoms with Crippen LogP contribution in [0.1, 0.15) is 24.7 Å². The minimum absolute atomic E-state index is 0.183. The van der Waals surface area contributed by atoms with Crippen LogP contribution in [0.15, 0.2) is 66.1 Å². The maximum Gasteiger partial charge on any atom is 0.270 e. The lowest BCUT2D eigenvalue weighted by Crippen LogP contribution is -2.35. The summed E-state index contributed by atoms with van der Waals surface area (Å²) in [5.41, 5.74) is 2.30. The highest BCUT2D eigenvalue weighted by Gasteiger charge is 2.24. The van der Waals surface area contributed by atoms with Gasteiger partial charge in [-0.05, 0) is 49.2 Å². The zero-order valence-corrected chi connectivity index (χ0v) is 21.1. The average Bonchev–Trinajstić information content (AvgIpc) is 3.49. The first-order chi connectivity index (χ1) is 19.0. The van der Waals surface area contributed by atoms with Gasteiger partial charge in [-0.2, -0.15) is 0 Å². The summed E-state index contributed by atoms with van der Waals surface area (Å²) in [6, 6.07) is 9.85. The van der Waals surface area contributed by atoms with Gasteiger partial charge in [-0.3, -0.25) is 4.79 Å². The second kappa shape index (κ2) is 10.3. The van der Waals surface area contributed by atoms with Crippen molar-refractivity contribution in [1.82, 2.24) is 15.0 Å². The number of anilines is 3. The Hall–Kier alpha value is -4.64. The summed E-state index contributed by atoms with van der Waals surface area (Å²) in [6.45, 7) is 1.51. The molecule has 0 atom stereocenters. The summed E-state index contributed by atoms with van der Waals surface area (Å²) in [5.74, 6) is 0.320. The Morgan fingerprint density at radius 1 is 1.15 bits per heavy atom. The Balaban J connectivity index is 1.37. The van der Waals surface area contributed by atoms with Crippen molar-refractivity contribution in [2.24, 2.45) is 0 Å². The number of piperidine rings is 1. The van der Waals surface area contributed by atoms with Crippen LogP contribution in [-0.2, 0) is 9.47 Å². The van der Waals surface area contributed by atoms with Gasteiger partial charge in [0, 0.05) is 24.8 Å². The molecule has 0 unspecified atom stereocenters. The molecule has 0 saturated carbocycles. The van der Waals surface area contributed by atoms with Gasteiger partial charge in [-0.15, -0.1) is 0 Å². The molecule has 200 valence electrons. The molecule has 3 aromatic heterocycles. The number of nitrogens with zero attached hydrogens (tertiary/aromatic N) is 3. The quantitative estimate of drug-likeness (QED) is 0.333. The number of rotatable bonds is 6. The van der Waals surface area contributed by atoms with E-state index in [1.165, 1.54) is 38.0 Å². The maximum absolute atomic E-state index is 15.4. The van der Waals surface area contributed by atoms with E-state index in [1.807, 2.05) is 12.1 Å². The normalized spacial score (nSPS) is 15.8. The summed E-state index contributed by atoms with van der Waals surface area (Å²) < 4.78 is 31.6. The van der Waals surface area contributed by atoms with E-state index in [-0.39, 0.29) is 17.2 Å². The van der Waals surface area contributed by atoms with E-state index in [2.05, 4.69) is 25.2 Å². The number of halogens is 1. The fourth-order valence-electron chi connectivity index (χ4n) is 4.85. The van der Waals surface area contributed by atoms with Crippen LogP contribution in [0, 0.1) is 5.82 Å². The smallest absolute Gasteiger partial charge is 0.270 e. The number of aliphatic hydroxyl groups is 1. The van der Waals surface area contributed by atoms with Gasteiger partial charge in [-0.25, -0.2) is 14.4 Å². The van der Waals surface area contributed by atoms with E-state index in [4.69, 9.17) is 14.2 Å². The number of pyridine rings is 3. The standard InChI is InChI=1S/C28H26FN5O5/c1-37-24-13-18(20(29)12-19(24)28-38-10-11-39-28)22-14-23(26-21(32-22)4-7-30-27(26)36)33-25-3-2-16(15-31-25)34-8-5-17(35)6-9-34/h2-4,7,10-15,17,28,35H,5-6,8-9H2,1H3,(H,30,36)(H,31,32,33). The summed E-state index contributed by atoms with van der Waals surface area (Å²) in [6.07, 6.45) is 6.37. The number of fused-ring (bicyclic) bond motifs is 1. The number of aliphatic hydroxyl groups excluding tert-OH is 1. The van der Waals surface area contributed by atoms with Gasteiger partial charge in [0.15, 0.2) is 0 Å². The molecule has 1 saturated heterocycles. The SMILES string of the molecule is COc1cc(-c2cc(Nc3ccc(N4CCC(O)CC4)cn3)c3c(=O)[nH]ccc3n2)c(F)cc1C1OC=CO1. The van der Waals surface area contributed by atoms with E-state index in [1.54, 1.807) is 18.3 Å². The molecule has 6 rings (SSSR count). The Kier molecular flexibility index (Phi) is 6.49. The highest BCUT2D eigenvalue weighted by Crippen LogP contribution is 2.38. The number of hydrogen-bond acceptors (Lipinski definition) is 9. The van der Waals surface area contributed by atoms with Gasteiger partial charge in [0.05, 0.1) is 52.9 Å². The van der Waals surface area contributed by atoms with Crippen molar-refractivity contribution in [2.45, 2.75) is 25.2 Å². The number of hydrogen-bond donors (Lipinski definition) is 3. The van der Waals surface area contributed by atoms with Gasteiger partial charge in [0.1, 0.15) is 29.9 Å². The van der Waals surface area contributed by atoms with Crippen molar-refractivity contribution in [3.8, 4) is 17.0 Å². The summed E-state index contributed by atoms with van der Waals surface area (Å²) >= 11 is 0. The number of H-pyrrole nitrogens is 1. The van der Waals surface area contributed by atoms with Crippen LogP contribution < -0.4 is 20.5 Å². The molecule has 5 heterocycles. The van der Waals surface area contributed by atoms with Gasteiger partial charge in [-0.1, -0.05) is 0 Å². The summed E-state index contributed by atoms with van der Waals surface area (Å²) in [4.78, 5) is 26.7. The van der Waals surface area contributed by atoms with Gasteiger partial charge in [0.25, 0.3) is 11.8 Å². The minimum atomic E-state index is -0.812. The predicted molar refractivity (Wildman–Crippen MR) is 143 cm³/mol. The molecule has 3 N–H and O–H groups in total. The third-order valence-corrected chi connectivity index (χ3v) is 6.88. The first-order valence-corrected chi connectivity index (χ1v) is 12.5. The van der Waals surface area contributed by atoms with Crippen molar-refractivity contribution >= 4 is 28.1 Å². The Morgan fingerprint density at radius 3 is 2.67 bits per heavy atom. The Labute approximate surface area is 222 Å². The van der Waals surface area contributed by atoms with Crippen LogP contribution in [0.4, 0.5) is 21.6 Å². The van der Waals surface area contributed by atoms with Crippen molar-refractivity contribution < 1.29 is 23.7 Å². The van der Waals surface area contributed by atoms with Crippen molar-refractivity contribution in [2.75, 3.05) is 30.4 Å². The molecule has 2 aliphatic rings. The van der Waals surface area contributed by atoms with E-state index in [0.717, 1.165) is 18.8 Å². The van der Waals surface area contributed by atoms with Crippen LogP contribution in [0.3, 0.4) is 0 Å². The molecule has 39 heavy (non-hydrogen) atoms. The van der Waals surface area contributed by atoms with E-state index < -0.39 is 12.1 Å². The van der Waals surface area contributed by atoms with Gasteiger partial charge < -0.3 is 34.5 Å². The van der Waals surface area contributed by atoms with E-state index in [9.17, 15) is 9.90 Å². The van der Waals surface area contributed by atoms with Crippen LogP contribution in [0.25, 0.3) is 22.2 Å². The number of ether oxygens (including phenoxy) is 3. The lowest BCUT2D eigenvalue weighted by Gasteiger charge is -2.31. The minimum Gasteiger partial charge on any atom is -0.496 e. The van der Waals surface area contributed by atoms with Crippen LogP contribution in [0.5, 0.6) is 5.75 Å². The summed E-state index contributed by atoms with van der Waals surface area (Å²) in [5, 5.41) is 13.3. The first kappa shape index (κ1) is 24.7. The number of benzene rings is 1. The van der Waals surface area contributed by atoms with Crippen molar-refractivity contribution in [3.63, 3.8) is 0 Å². The lowest BCUT2D eigenvalue weighted by atomic mass is 10.0. The van der Waals surface area contributed by atoms with Crippen LogP contribution in [0.2, 0.25) is 0 Å². The molecule has 0 radical (unpaired) electrons. The monoisotopic (exact) mass is 531 g/mol. The molecule has 10 nitrogen and oxygen atoms in total. The molecule has 0 amide bonds. The molecule has 2 aliphatic heterocycles. The molecule has 1 fully saturated rings. The molecular formula is C28H26FN5O5. The number of aromatic amines is 1. The number of aromatic nitrogens is 3. The number of nitrogens with one attached hydrogen (secondary N) is 2. The predicted octanol–water partition coefficient (Wildman–Crippen LogP) is 4.35. The van der Waals surface area contributed by atoms with Gasteiger partial charge >= 0.3 is 0 Å². The molecule has 1 aromatic carbocycles. The van der Waals surface area contributed by atoms with Crippen molar-refractivity contribution in [1.29, 1.82) is 0 Å². The molecule has 11 heteroatoms. The fourth-order valence-corrected chi connectivity index (χ4v) is 4.85. The second-order valence-corrected chi connectivity index (χ2v) is 9.32. The third-order valence-electron chi connectivity index (χ3n) is 6.88. The zero-order valence-electron chi connectivity index (χ0n) is 21.1. The third kappa shape index (κ3) is 4.84.